The molecule has 0 aliphatic carbocycles. The average Bonchev–Trinajstić information content (AvgIpc) is 2.16. The van der Waals surface area contributed by atoms with Crippen LogP contribution in [-0.2, 0) is 0 Å². The Hall–Kier alpha value is -1.03. The SMILES string of the molecule is COc1c(Br)ccc(C(C)=O)c1OC. The number of ether oxygens (including phenoxy) is 2. The number of carbonyl (C=O) groups is 1. The second-order valence-corrected chi connectivity index (χ2v) is 3.57. The molecule has 0 aliphatic heterocycles. The number of carbonyl (C=O) groups excluding carboxylic acids is 1. The van der Waals surface area contributed by atoms with E-state index in [0.717, 1.165) is 4.47 Å². The lowest BCUT2D eigenvalue weighted by atomic mass is 10.1. The number of ketones is 1. The van der Waals surface area contributed by atoms with Crippen molar-refractivity contribution in [1.29, 1.82) is 0 Å². The molecule has 1 rings (SSSR count). The van der Waals surface area contributed by atoms with E-state index in [2.05, 4.69) is 15.9 Å². The summed E-state index contributed by atoms with van der Waals surface area (Å²) < 4.78 is 11.0. The third-order valence-electron chi connectivity index (χ3n) is 1.85. The van der Waals surface area contributed by atoms with Gasteiger partial charge in [0.15, 0.2) is 17.3 Å². The number of rotatable bonds is 3. The van der Waals surface area contributed by atoms with Gasteiger partial charge < -0.3 is 9.47 Å². The van der Waals surface area contributed by atoms with Crippen LogP contribution in [0.1, 0.15) is 17.3 Å². The third kappa shape index (κ3) is 1.90. The fourth-order valence-electron chi connectivity index (χ4n) is 1.21. The van der Waals surface area contributed by atoms with Crippen LogP contribution in [-0.4, -0.2) is 20.0 Å². The first-order valence-corrected chi connectivity index (χ1v) is 4.82. The van der Waals surface area contributed by atoms with E-state index in [1.165, 1.54) is 21.1 Å². The van der Waals surface area contributed by atoms with Crippen LogP contribution in [0.4, 0.5) is 0 Å². The molecule has 0 aromatic heterocycles. The van der Waals surface area contributed by atoms with Crippen LogP contribution in [0.3, 0.4) is 0 Å². The number of halogens is 1. The first-order valence-electron chi connectivity index (χ1n) is 4.03. The van der Waals surface area contributed by atoms with Crippen molar-refractivity contribution in [3.63, 3.8) is 0 Å². The molecule has 1 aromatic rings. The molecule has 0 heterocycles. The van der Waals surface area contributed by atoms with Gasteiger partial charge in [0.05, 0.1) is 24.3 Å². The zero-order chi connectivity index (χ0) is 10.7. The van der Waals surface area contributed by atoms with Gasteiger partial charge in [0, 0.05) is 0 Å². The number of methoxy groups -OCH3 is 2. The predicted molar refractivity (Wildman–Crippen MR) is 57.3 cm³/mol. The molecule has 0 saturated heterocycles. The maximum Gasteiger partial charge on any atom is 0.175 e. The van der Waals surface area contributed by atoms with Crippen LogP contribution in [0.15, 0.2) is 16.6 Å². The Labute approximate surface area is 91.1 Å². The fourth-order valence-corrected chi connectivity index (χ4v) is 1.68. The van der Waals surface area contributed by atoms with Gasteiger partial charge in [-0.05, 0) is 35.0 Å². The second kappa shape index (κ2) is 4.46. The number of Topliss-reactive ketones (excluding diaryl/α,β-unsaturated/α-hetero) is 1. The molecule has 0 unspecified atom stereocenters. The van der Waals surface area contributed by atoms with Crippen LogP contribution in [0.25, 0.3) is 0 Å². The summed E-state index contributed by atoms with van der Waals surface area (Å²) in [6.45, 7) is 1.49. The summed E-state index contributed by atoms with van der Waals surface area (Å²) in [5.74, 6) is 0.960. The van der Waals surface area contributed by atoms with Gasteiger partial charge in [-0.1, -0.05) is 0 Å². The van der Waals surface area contributed by atoms with E-state index in [1.807, 2.05) is 0 Å². The second-order valence-electron chi connectivity index (χ2n) is 2.72. The first-order chi connectivity index (χ1) is 6.61. The molecule has 0 fully saturated rings. The smallest absolute Gasteiger partial charge is 0.175 e. The van der Waals surface area contributed by atoms with Crippen LogP contribution in [0.2, 0.25) is 0 Å². The molecule has 0 bridgehead atoms. The van der Waals surface area contributed by atoms with Crippen LogP contribution in [0, 0.1) is 0 Å². The Morgan fingerprint density at radius 2 is 1.79 bits per heavy atom. The molecule has 0 radical (unpaired) electrons. The van der Waals surface area contributed by atoms with Crippen molar-refractivity contribution in [1.82, 2.24) is 0 Å². The quantitative estimate of drug-likeness (QED) is 0.783. The van der Waals surface area contributed by atoms with E-state index in [-0.39, 0.29) is 5.78 Å². The van der Waals surface area contributed by atoms with Crippen molar-refractivity contribution in [3.8, 4) is 11.5 Å². The Balaban J connectivity index is 3.40. The molecule has 0 saturated carbocycles. The Kier molecular flexibility index (Phi) is 3.52. The van der Waals surface area contributed by atoms with E-state index in [9.17, 15) is 4.79 Å². The van der Waals surface area contributed by atoms with E-state index in [4.69, 9.17) is 9.47 Å². The number of hydrogen-bond acceptors (Lipinski definition) is 3. The lowest BCUT2D eigenvalue weighted by Gasteiger charge is -2.12. The highest BCUT2D eigenvalue weighted by Gasteiger charge is 2.15. The van der Waals surface area contributed by atoms with Crippen molar-refractivity contribution in [2.75, 3.05) is 14.2 Å². The molecule has 76 valence electrons. The maximum absolute atomic E-state index is 11.3. The molecular weight excluding hydrogens is 248 g/mol. The fraction of sp³-hybridized carbons (Fsp3) is 0.300. The summed E-state index contributed by atoms with van der Waals surface area (Å²) in [6, 6.07) is 3.46. The van der Waals surface area contributed by atoms with Gasteiger partial charge in [0.25, 0.3) is 0 Å². The van der Waals surface area contributed by atoms with Crippen molar-refractivity contribution < 1.29 is 14.3 Å². The summed E-state index contributed by atoms with van der Waals surface area (Å²) in [5, 5.41) is 0. The van der Waals surface area contributed by atoms with Gasteiger partial charge in [-0.25, -0.2) is 0 Å². The summed E-state index contributed by atoms with van der Waals surface area (Å²) in [7, 11) is 3.04. The largest absolute Gasteiger partial charge is 0.492 e. The summed E-state index contributed by atoms with van der Waals surface area (Å²) in [5.41, 5.74) is 0.521. The van der Waals surface area contributed by atoms with Crippen molar-refractivity contribution >= 4 is 21.7 Å². The van der Waals surface area contributed by atoms with Crippen molar-refractivity contribution in [2.24, 2.45) is 0 Å². The number of hydrogen-bond donors (Lipinski definition) is 0. The Bertz CT molecular complexity index is 361. The minimum atomic E-state index is -0.0485. The topological polar surface area (TPSA) is 35.5 Å². The maximum atomic E-state index is 11.3. The molecule has 0 spiro atoms. The van der Waals surface area contributed by atoms with Crippen LogP contribution in [0.5, 0.6) is 11.5 Å². The highest BCUT2D eigenvalue weighted by molar-refractivity contribution is 9.10. The van der Waals surface area contributed by atoms with E-state index in [1.54, 1.807) is 12.1 Å². The molecule has 0 atom stereocenters. The highest BCUT2D eigenvalue weighted by Crippen LogP contribution is 2.37. The van der Waals surface area contributed by atoms with Gasteiger partial charge >= 0.3 is 0 Å². The molecule has 3 nitrogen and oxygen atoms in total. The lowest BCUT2D eigenvalue weighted by Crippen LogP contribution is -2.00. The van der Waals surface area contributed by atoms with Gasteiger partial charge in [-0.2, -0.15) is 0 Å². The molecule has 0 amide bonds. The third-order valence-corrected chi connectivity index (χ3v) is 2.48. The molecule has 14 heavy (non-hydrogen) atoms. The summed E-state index contributed by atoms with van der Waals surface area (Å²) >= 11 is 3.32. The average molecular weight is 259 g/mol. The standard InChI is InChI=1S/C10H11BrO3/c1-6(12)7-4-5-8(11)10(14-3)9(7)13-2/h4-5H,1-3H3. The Morgan fingerprint density at radius 3 is 2.21 bits per heavy atom. The van der Waals surface area contributed by atoms with Crippen LogP contribution < -0.4 is 9.47 Å². The van der Waals surface area contributed by atoms with Crippen molar-refractivity contribution in [3.05, 3.63) is 22.2 Å². The predicted octanol–water partition coefficient (Wildman–Crippen LogP) is 2.67. The zero-order valence-electron chi connectivity index (χ0n) is 8.26. The zero-order valence-corrected chi connectivity index (χ0v) is 9.84. The first kappa shape index (κ1) is 11.0. The summed E-state index contributed by atoms with van der Waals surface area (Å²) in [6.07, 6.45) is 0. The molecule has 4 heteroatoms. The van der Waals surface area contributed by atoms with Gasteiger partial charge in [-0.3, -0.25) is 4.79 Å². The molecule has 0 aliphatic rings. The number of benzene rings is 1. The van der Waals surface area contributed by atoms with Gasteiger partial charge in [-0.15, -0.1) is 0 Å². The monoisotopic (exact) mass is 258 g/mol. The highest BCUT2D eigenvalue weighted by atomic mass is 79.9. The Morgan fingerprint density at radius 1 is 1.21 bits per heavy atom. The van der Waals surface area contributed by atoms with Crippen molar-refractivity contribution in [2.45, 2.75) is 6.92 Å². The van der Waals surface area contributed by atoms with Crippen LogP contribution >= 0.6 is 15.9 Å². The lowest BCUT2D eigenvalue weighted by molar-refractivity contribution is 0.101. The van der Waals surface area contributed by atoms with Gasteiger partial charge in [0.1, 0.15) is 0 Å². The normalized spacial score (nSPS) is 9.71. The molecule has 1 aromatic carbocycles. The van der Waals surface area contributed by atoms with E-state index < -0.39 is 0 Å². The molecular formula is C10H11BrO3. The van der Waals surface area contributed by atoms with E-state index >= 15 is 0 Å². The summed E-state index contributed by atoms with van der Waals surface area (Å²) in [4.78, 5) is 11.3. The minimum Gasteiger partial charge on any atom is -0.492 e. The minimum absolute atomic E-state index is 0.0485. The molecule has 0 N–H and O–H groups in total. The van der Waals surface area contributed by atoms with E-state index in [0.29, 0.717) is 17.1 Å². The van der Waals surface area contributed by atoms with Gasteiger partial charge in [0.2, 0.25) is 0 Å².